The number of benzene rings is 1. The van der Waals surface area contributed by atoms with Crippen molar-refractivity contribution >= 4 is 17.4 Å². The maximum absolute atomic E-state index is 13.0. The highest BCUT2D eigenvalue weighted by atomic mass is 16.7. The number of rotatable bonds is 4. The number of pyridine rings is 1. The zero-order chi connectivity index (χ0) is 17.9. The second kappa shape index (κ2) is 7.23. The van der Waals surface area contributed by atoms with Gasteiger partial charge in [-0.3, -0.25) is 4.79 Å². The number of aromatic nitrogens is 1. The molecular weight excluding hydrogens is 330 g/mol. The first kappa shape index (κ1) is 16.7. The van der Waals surface area contributed by atoms with Crippen LogP contribution in [0.25, 0.3) is 0 Å². The number of fused-ring (bicyclic) bond motifs is 1. The molecule has 1 saturated heterocycles. The molecule has 6 heteroatoms. The van der Waals surface area contributed by atoms with Crippen LogP contribution in [0.15, 0.2) is 36.5 Å². The summed E-state index contributed by atoms with van der Waals surface area (Å²) < 4.78 is 10.7. The minimum Gasteiger partial charge on any atom is -0.454 e. The minimum absolute atomic E-state index is 0.0905. The quantitative estimate of drug-likeness (QED) is 0.901. The summed E-state index contributed by atoms with van der Waals surface area (Å²) >= 11 is 0. The van der Waals surface area contributed by atoms with Gasteiger partial charge in [0.05, 0.1) is 0 Å². The fourth-order valence-electron chi connectivity index (χ4n) is 3.61. The lowest BCUT2D eigenvalue weighted by molar-refractivity contribution is 0.0608. The van der Waals surface area contributed by atoms with Crippen LogP contribution < -0.4 is 14.8 Å². The van der Waals surface area contributed by atoms with Crippen molar-refractivity contribution in [3.8, 4) is 11.5 Å². The topological polar surface area (TPSA) is 63.7 Å². The molecule has 26 heavy (non-hydrogen) atoms. The number of hydrogen-bond acceptors (Lipinski definition) is 5. The highest BCUT2D eigenvalue weighted by Gasteiger charge is 2.26. The van der Waals surface area contributed by atoms with Crippen molar-refractivity contribution < 1.29 is 14.3 Å². The minimum atomic E-state index is 0.0905. The number of piperidine rings is 1. The van der Waals surface area contributed by atoms with Gasteiger partial charge in [0, 0.05) is 36.1 Å². The number of carbonyl (C=O) groups excluding carboxylic acids is 1. The van der Waals surface area contributed by atoms with Crippen LogP contribution in [0.2, 0.25) is 0 Å². The van der Waals surface area contributed by atoms with Crippen LogP contribution in [0.4, 0.5) is 11.5 Å². The molecule has 0 aliphatic carbocycles. The zero-order valence-electron chi connectivity index (χ0n) is 14.9. The van der Waals surface area contributed by atoms with E-state index in [9.17, 15) is 4.79 Å². The maximum Gasteiger partial charge on any atom is 0.254 e. The summed E-state index contributed by atoms with van der Waals surface area (Å²) in [6.45, 7) is 3.23. The number of amides is 1. The molecule has 2 aliphatic rings. The van der Waals surface area contributed by atoms with Crippen molar-refractivity contribution in [2.75, 3.05) is 18.7 Å². The molecule has 4 rings (SSSR count). The van der Waals surface area contributed by atoms with E-state index in [1.807, 2.05) is 29.2 Å². The molecule has 1 aromatic carbocycles. The summed E-state index contributed by atoms with van der Waals surface area (Å²) in [6, 6.07) is 9.58. The third-order valence-corrected chi connectivity index (χ3v) is 5.01. The van der Waals surface area contributed by atoms with Crippen LogP contribution in [0.3, 0.4) is 0 Å². The lowest BCUT2D eigenvalue weighted by Gasteiger charge is -2.35. The van der Waals surface area contributed by atoms with E-state index in [0.717, 1.165) is 37.2 Å². The van der Waals surface area contributed by atoms with Crippen molar-refractivity contribution in [2.24, 2.45) is 0 Å². The molecule has 3 heterocycles. The third-order valence-electron chi connectivity index (χ3n) is 5.01. The summed E-state index contributed by atoms with van der Waals surface area (Å²) in [5, 5.41) is 3.24. The fourth-order valence-corrected chi connectivity index (χ4v) is 3.61. The van der Waals surface area contributed by atoms with E-state index in [1.54, 1.807) is 12.3 Å². The molecule has 1 aromatic heterocycles. The van der Waals surface area contributed by atoms with Gasteiger partial charge in [0.15, 0.2) is 11.5 Å². The number of nitrogens with one attached hydrogen (secondary N) is 1. The van der Waals surface area contributed by atoms with Gasteiger partial charge in [-0.25, -0.2) is 4.98 Å². The third kappa shape index (κ3) is 3.31. The van der Waals surface area contributed by atoms with E-state index in [4.69, 9.17) is 9.47 Å². The summed E-state index contributed by atoms with van der Waals surface area (Å²) in [5.41, 5.74) is 1.51. The zero-order valence-corrected chi connectivity index (χ0v) is 14.9. The molecule has 2 aliphatic heterocycles. The predicted octanol–water partition coefficient (Wildman–Crippen LogP) is 3.96. The number of hydrogen-bond donors (Lipinski definition) is 1. The SMILES string of the molecule is CCC1CCCCN1C(=O)c1ccnc(Nc2ccc3c(c2)OCO3)c1. The Bertz CT molecular complexity index is 809. The normalized spacial score (nSPS) is 18.7. The van der Waals surface area contributed by atoms with Gasteiger partial charge in [-0.05, 0) is 49.9 Å². The van der Waals surface area contributed by atoms with Gasteiger partial charge in [-0.15, -0.1) is 0 Å². The van der Waals surface area contributed by atoms with Gasteiger partial charge >= 0.3 is 0 Å². The molecule has 1 amide bonds. The van der Waals surface area contributed by atoms with E-state index < -0.39 is 0 Å². The molecule has 0 spiro atoms. The van der Waals surface area contributed by atoms with Gasteiger partial charge in [0.1, 0.15) is 5.82 Å². The van der Waals surface area contributed by atoms with Gasteiger partial charge in [-0.2, -0.15) is 0 Å². The lowest BCUT2D eigenvalue weighted by atomic mass is 9.99. The number of anilines is 2. The first-order valence-electron chi connectivity index (χ1n) is 9.18. The number of likely N-dealkylation sites (tertiary alicyclic amines) is 1. The molecule has 1 atom stereocenters. The van der Waals surface area contributed by atoms with Crippen molar-refractivity contribution in [2.45, 2.75) is 38.6 Å². The van der Waals surface area contributed by atoms with Crippen LogP contribution in [-0.2, 0) is 0 Å². The van der Waals surface area contributed by atoms with E-state index in [-0.39, 0.29) is 12.7 Å². The predicted molar refractivity (Wildman–Crippen MR) is 99.1 cm³/mol. The highest BCUT2D eigenvalue weighted by molar-refractivity contribution is 5.95. The smallest absolute Gasteiger partial charge is 0.254 e. The van der Waals surface area contributed by atoms with E-state index in [0.29, 0.717) is 23.2 Å². The molecule has 1 N–H and O–H groups in total. The van der Waals surface area contributed by atoms with Crippen molar-refractivity contribution in [1.82, 2.24) is 9.88 Å². The average Bonchev–Trinajstić information content (AvgIpc) is 3.15. The average molecular weight is 353 g/mol. The van der Waals surface area contributed by atoms with Crippen LogP contribution >= 0.6 is 0 Å². The second-order valence-corrected chi connectivity index (χ2v) is 6.68. The molecular formula is C20H23N3O3. The molecule has 0 radical (unpaired) electrons. The Morgan fingerprint density at radius 3 is 3.00 bits per heavy atom. The molecule has 6 nitrogen and oxygen atoms in total. The summed E-state index contributed by atoms with van der Waals surface area (Å²) in [5.74, 6) is 2.18. The largest absolute Gasteiger partial charge is 0.454 e. The second-order valence-electron chi connectivity index (χ2n) is 6.68. The Labute approximate surface area is 153 Å². The summed E-state index contributed by atoms with van der Waals surface area (Å²) in [4.78, 5) is 19.3. The van der Waals surface area contributed by atoms with Crippen LogP contribution in [0, 0.1) is 0 Å². The van der Waals surface area contributed by atoms with E-state index in [1.165, 1.54) is 6.42 Å². The fraction of sp³-hybridized carbons (Fsp3) is 0.400. The van der Waals surface area contributed by atoms with E-state index in [2.05, 4.69) is 17.2 Å². The first-order chi connectivity index (χ1) is 12.7. The van der Waals surface area contributed by atoms with Crippen molar-refractivity contribution in [3.63, 3.8) is 0 Å². The monoisotopic (exact) mass is 353 g/mol. The molecule has 136 valence electrons. The van der Waals surface area contributed by atoms with Crippen LogP contribution in [0.5, 0.6) is 11.5 Å². The molecule has 1 unspecified atom stereocenters. The first-order valence-corrected chi connectivity index (χ1v) is 9.18. The standard InChI is InChI=1S/C20H23N3O3/c1-2-16-5-3-4-10-23(16)20(24)14-8-9-21-19(11-14)22-15-6-7-17-18(12-15)26-13-25-17/h6-9,11-12,16H,2-5,10,13H2,1H3,(H,21,22). The molecule has 2 aromatic rings. The maximum atomic E-state index is 13.0. The van der Waals surface area contributed by atoms with Gasteiger partial charge in [0.2, 0.25) is 6.79 Å². The van der Waals surface area contributed by atoms with Gasteiger partial charge < -0.3 is 19.7 Å². The highest BCUT2D eigenvalue weighted by Crippen LogP contribution is 2.35. The Morgan fingerprint density at radius 1 is 1.23 bits per heavy atom. The van der Waals surface area contributed by atoms with Crippen LogP contribution in [0.1, 0.15) is 43.0 Å². The molecule has 0 saturated carbocycles. The summed E-state index contributed by atoms with van der Waals surface area (Å²) in [7, 11) is 0. The number of nitrogens with zero attached hydrogens (tertiary/aromatic N) is 2. The van der Waals surface area contributed by atoms with E-state index >= 15 is 0 Å². The Balaban J connectivity index is 1.52. The Morgan fingerprint density at radius 2 is 2.12 bits per heavy atom. The number of ether oxygens (including phenoxy) is 2. The Hall–Kier alpha value is -2.76. The Kier molecular flexibility index (Phi) is 4.65. The van der Waals surface area contributed by atoms with Crippen molar-refractivity contribution in [3.05, 3.63) is 42.1 Å². The van der Waals surface area contributed by atoms with Gasteiger partial charge in [0.25, 0.3) is 5.91 Å². The summed E-state index contributed by atoms with van der Waals surface area (Å²) in [6.07, 6.45) is 6.05. The molecule has 0 bridgehead atoms. The van der Waals surface area contributed by atoms with Crippen molar-refractivity contribution in [1.29, 1.82) is 0 Å². The van der Waals surface area contributed by atoms with Crippen LogP contribution in [-0.4, -0.2) is 35.2 Å². The number of carbonyl (C=O) groups is 1. The lowest BCUT2D eigenvalue weighted by Crippen LogP contribution is -2.43. The molecule has 1 fully saturated rings. The van der Waals surface area contributed by atoms with Gasteiger partial charge in [-0.1, -0.05) is 6.92 Å².